The van der Waals surface area contributed by atoms with Gasteiger partial charge in [0.1, 0.15) is 0 Å². The Balaban J connectivity index is 2.09. The fourth-order valence-corrected chi connectivity index (χ4v) is 3.21. The Hall–Kier alpha value is -1.06. The predicted molar refractivity (Wildman–Crippen MR) is 87.4 cm³/mol. The van der Waals surface area contributed by atoms with E-state index in [1.807, 2.05) is 43.0 Å². The molecule has 1 aliphatic heterocycles. The van der Waals surface area contributed by atoms with Crippen molar-refractivity contribution in [1.29, 1.82) is 0 Å². The van der Waals surface area contributed by atoms with Gasteiger partial charge in [0.25, 0.3) is 0 Å². The standard InChI is InChI=1S/C17H25ClN2O/c1-12(19)13-7-9-20(10-8-13)16(21)17(2,3)14-5-4-6-15(18)11-14/h4-6,11-13H,7-10,19H2,1-3H3. The van der Waals surface area contributed by atoms with Gasteiger partial charge in [-0.25, -0.2) is 0 Å². The second-order valence-corrected chi connectivity index (χ2v) is 7.06. The summed E-state index contributed by atoms with van der Waals surface area (Å²) in [5, 5.41) is 0.670. The van der Waals surface area contributed by atoms with Gasteiger partial charge in [-0.15, -0.1) is 0 Å². The third-order valence-corrected chi connectivity index (χ3v) is 4.89. The number of hydrogen-bond donors (Lipinski definition) is 1. The quantitative estimate of drug-likeness (QED) is 0.932. The predicted octanol–water partition coefficient (Wildman–Crippen LogP) is 3.20. The normalized spacial score (nSPS) is 18.6. The molecule has 1 atom stereocenters. The molecule has 1 fully saturated rings. The largest absolute Gasteiger partial charge is 0.342 e. The van der Waals surface area contributed by atoms with E-state index < -0.39 is 5.41 Å². The highest BCUT2D eigenvalue weighted by Gasteiger charge is 2.35. The van der Waals surface area contributed by atoms with Gasteiger partial charge in [0.05, 0.1) is 5.41 Å². The molecule has 0 bridgehead atoms. The number of rotatable bonds is 3. The minimum atomic E-state index is -0.550. The molecule has 1 aliphatic rings. The van der Waals surface area contributed by atoms with Crippen molar-refractivity contribution in [3.05, 3.63) is 34.9 Å². The number of likely N-dealkylation sites (tertiary alicyclic amines) is 1. The maximum atomic E-state index is 12.9. The molecular weight excluding hydrogens is 284 g/mol. The summed E-state index contributed by atoms with van der Waals surface area (Å²) in [6.45, 7) is 7.60. The molecule has 0 aromatic heterocycles. The van der Waals surface area contributed by atoms with Crippen molar-refractivity contribution in [2.24, 2.45) is 11.7 Å². The molecule has 4 heteroatoms. The number of carbonyl (C=O) groups is 1. The smallest absolute Gasteiger partial charge is 0.232 e. The molecule has 0 saturated carbocycles. The summed E-state index contributed by atoms with van der Waals surface area (Å²) in [7, 11) is 0. The molecule has 1 saturated heterocycles. The van der Waals surface area contributed by atoms with E-state index in [0.717, 1.165) is 31.5 Å². The zero-order valence-corrected chi connectivity index (χ0v) is 13.9. The summed E-state index contributed by atoms with van der Waals surface area (Å²) >= 11 is 6.06. The van der Waals surface area contributed by atoms with Crippen LogP contribution in [0.15, 0.2) is 24.3 Å². The average Bonchev–Trinajstić information content (AvgIpc) is 2.46. The van der Waals surface area contributed by atoms with Crippen molar-refractivity contribution in [2.75, 3.05) is 13.1 Å². The summed E-state index contributed by atoms with van der Waals surface area (Å²) < 4.78 is 0. The third kappa shape index (κ3) is 3.58. The number of halogens is 1. The van der Waals surface area contributed by atoms with E-state index in [0.29, 0.717) is 10.9 Å². The van der Waals surface area contributed by atoms with E-state index in [9.17, 15) is 4.79 Å². The Kier molecular flexibility index (Phi) is 4.95. The minimum Gasteiger partial charge on any atom is -0.342 e. The zero-order chi connectivity index (χ0) is 15.6. The first-order valence-corrected chi connectivity index (χ1v) is 8.01. The van der Waals surface area contributed by atoms with Gasteiger partial charge in [-0.1, -0.05) is 23.7 Å². The molecule has 1 aromatic carbocycles. The van der Waals surface area contributed by atoms with Gasteiger partial charge < -0.3 is 10.6 Å². The van der Waals surface area contributed by atoms with Gasteiger partial charge in [0, 0.05) is 24.2 Å². The number of benzene rings is 1. The van der Waals surface area contributed by atoms with E-state index >= 15 is 0 Å². The molecule has 1 amide bonds. The number of hydrogen-bond acceptors (Lipinski definition) is 2. The fraction of sp³-hybridized carbons (Fsp3) is 0.588. The van der Waals surface area contributed by atoms with E-state index in [1.165, 1.54) is 0 Å². The molecular formula is C17H25ClN2O. The molecule has 2 N–H and O–H groups in total. The lowest BCUT2D eigenvalue weighted by atomic mass is 9.82. The van der Waals surface area contributed by atoms with Crippen LogP contribution >= 0.6 is 11.6 Å². The van der Waals surface area contributed by atoms with E-state index in [4.69, 9.17) is 17.3 Å². The van der Waals surface area contributed by atoms with Crippen LogP contribution in [0.25, 0.3) is 0 Å². The highest BCUT2D eigenvalue weighted by molar-refractivity contribution is 6.30. The van der Waals surface area contributed by atoms with Crippen LogP contribution in [0.2, 0.25) is 5.02 Å². The number of amides is 1. The first-order chi connectivity index (χ1) is 9.82. The molecule has 1 unspecified atom stereocenters. The molecule has 3 nitrogen and oxygen atoms in total. The maximum absolute atomic E-state index is 12.9. The second kappa shape index (κ2) is 6.37. The van der Waals surface area contributed by atoms with Crippen LogP contribution in [0.5, 0.6) is 0 Å². The first kappa shape index (κ1) is 16.3. The van der Waals surface area contributed by atoms with Crippen molar-refractivity contribution in [3.63, 3.8) is 0 Å². The van der Waals surface area contributed by atoms with Crippen molar-refractivity contribution < 1.29 is 4.79 Å². The minimum absolute atomic E-state index is 0.174. The van der Waals surface area contributed by atoms with Crippen LogP contribution in [-0.4, -0.2) is 29.9 Å². The van der Waals surface area contributed by atoms with Gasteiger partial charge in [-0.05, 0) is 57.2 Å². The van der Waals surface area contributed by atoms with Crippen LogP contribution in [0.1, 0.15) is 39.2 Å². The van der Waals surface area contributed by atoms with E-state index in [2.05, 4.69) is 6.92 Å². The summed E-state index contributed by atoms with van der Waals surface area (Å²) in [6, 6.07) is 7.80. The van der Waals surface area contributed by atoms with Crippen molar-refractivity contribution in [1.82, 2.24) is 4.90 Å². The fourth-order valence-electron chi connectivity index (χ4n) is 3.02. The van der Waals surface area contributed by atoms with Gasteiger partial charge in [0.15, 0.2) is 0 Å². The summed E-state index contributed by atoms with van der Waals surface area (Å²) in [6.07, 6.45) is 1.99. The topological polar surface area (TPSA) is 46.3 Å². The van der Waals surface area contributed by atoms with Gasteiger partial charge in [-0.2, -0.15) is 0 Å². The van der Waals surface area contributed by atoms with Crippen LogP contribution in [0.4, 0.5) is 0 Å². The SMILES string of the molecule is CC(N)C1CCN(C(=O)C(C)(C)c2cccc(Cl)c2)CC1. The summed E-state index contributed by atoms with van der Waals surface area (Å²) in [5.41, 5.74) is 6.38. The molecule has 0 aliphatic carbocycles. The number of piperidine rings is 1. The average molecular weight is 309 g/mol. The molecule has 1 heterocycles. The number of carbonyl (C=O) groups excluding carboxylic acids is 1. The van der Waals surface area contributed by atoms with Crippen LogP contribution in [-0.2, 0) is 10.2 Å². The Morgan fingerprint density at radius 1 is 1.38 bits per heavy atom. The van der Waals surface area contributed by atoms with E-state index in [-0.39, 0.29) is 11.9 Å². The van der Waals surface area contributed by atoms with Gasteiger partial charge >= 0.3 is 0 Å². The Morgan fingerprint density at radius 2 is 2.00 bits per heavy atom. The van der Waals surface area contributed by atoms with Gasteiger partial charge in [0.2, 0.25) is 5.91 Å². The Morgan fingerprint density at radius 3 is 2.52 bits per heavy atom. The molecule has 0 spiro atoms. The number of nitrogens with zero attached hydrogens (tertiary/aromatic N) is 1. The maximum Gasteiger partial charge on any atom is 0.232 e. The first-order valence-electron chi connectivity index (χ1n) is 7.63. The Labute approximate surface area is 132 Å². The molecule has 21 heavy (non-hydrogen) atoms. The summed E-state index contributed by atoms with van der Waals surface area (Å²) in [5.74, 6) is 0.705. The van der Waals surface area contributed by atoms with Crippen molar-refractivity contribution in [3.8, 4) is 0 Å². The molecule has 116 valence electrons. The van der Waals surface area contributed by atoms with Crippen LogP contribution in [0.3, 0.4) is 0 Å². The lowest BCUT2D eigenvalue weighted by Crippen LogP contribution is -2.48. The summed E-state index contributed by atoms with van der Waals surface area (Å²) in [4.78, 5) is 14.8. The monoisotopic (exact) mass is 308 g/mol. The molecule has 0 radical (unpaired) electrons. The Bertz CT molecular complexity index is 505. The molecule has 2 rings (SSSR count). The third-order valence-electron chi connectivity index (χ3n) is 4.65. The van der Waals surface area contributed by atoms with E-state index in [1.54, 1.807) is 0 Å². The zero-order valence-electron chi connectivity index (χ0n) is 13.1. The highest BCUT2D eigenvalue weighted by Crippen LogP contribution is 2.30. The van der Waals surface area contributed by atoms with Gasteiger partial charge in [-0.3, -0.25) is 4.79 Å². The lowest BCUT2D eigenvalue weighted by Gasteiger charge is -2.38. The van der Waals surface area contributed by atoms with Crippen molar-refractivity contribution in [2.45, 2.75) is 45.1 Å². The second-order valence-electron chi connectivity index (χ2n) is 6.62. The number of nitrogens with two attached hydrogens (primary N) is 1. The lowest BCUT2D eigenvalue weighted by molar-refractivity contribution is -0.137. The van der Waals surface area contributed by atoms with Crippen LogP contribution in [0, 0.1) is 5.92 Å². The van der Waals surface area contributed by atoms with Crippen molar-refractivity contribution >= 4 is 17.5 Å². The highest BCUT2D eigenvalue weighted by atomic mass is 35.5. The molecule has 1 aromatic rings. The van der Waals surface area contributed by atoms with Crippen LogP contribution < -0.4 is 5.73 Å².